The van der Waals surface area contributed by atoms with Gasteiger partial charge >= 0.3 is 0 Å². The Morgan fingerprint density at radius 2 is 2.10 bits per heavy atom. The van der Waals surface area contributed by atoms with Crippen molar-refractivity contribution in [1.82, 2.24) is 9.97 Å². The Bertz CT molecular complexity index is 593. The smallest absolute Gasteiger partial charge is 0.143 e. The monoisotopic (exact) mass is 268 g/mol. The summed E-state index contributed by atoms with van der Waals surface area (Å²) in [5, 5.41) is 12.4. The summed E-state index contributed by atoms with van der Waals surface area (Å²) in [7, 11) is 1.67. The van der Waals surface area contributed by atoms with Gasteiger partial charge < -0.3 is 10.1 Å². The van der Waals surface area contributed by atoms with Crippen molar-refractivity contribution in [3.8, 4) is 17.2 Å². The Morgan fingerprint density at radius 3 is 2.80 bits per heavy atom. The molecule has 102 valence electrons. The summed E-state index contributed by atoms with van der Waals surface area (Å²) in [6.07, 6.45) is 6.07. The summed E-state index contributed by atoms with van der Waals surface area (Å²) in [4.78, 5) is 8.31. The molecule has 0 fully saturated rings. The van der Waals surface area contributed by atoms with E-state index in [4.69, 9.17) is 4.74 Å². The SMILES string of the molecule is COCCCNc1ncc(-c2ccncc2)cc1C#N. The molecule has 2 aromatic heterocycles. The van der Waals surface area contributed by atoms with Crippen molar-refractivity contribution in [2.24, 2.45) is 0 Å². The Hall–Kier alpha value is -2.45. The number of pyridine rings is 2. The van der Waals surface area contributed by atoms with E-state index < -0.39 is 0 Å². The maximum atomic E-state index is 9.23. The van der Waals surface area contributed by atoms with Gasteiger partial charge in [0.1, 0.15) is 11.9 Å². The number of anilines is 1. The van der Waals surface area contributed by atoms with Crippen LogP contribution in [-0.2, 0) is 4.74 Å². The van der Waals surface area contributed by atoms with Crippen LogP contribution in [0, 0.1) is 11.3 Å². The molecule has 2 aromatic rings. The second-order valence-electron chi connectivity index (χ2n) is 4.24. The van der Waals surface area contributed by atoms with Crippen molar-refractivity contribution in [3.63, 3.8) is 0 Å². The number of nitrogens with zero attached hydrogens (tertiary/aromatic N) is 3. The van der Waals surface area contributed by atoms with Crippen LogP contribution in [0.15, 0.2) is 36.8 Å². The van der Waals surface area contributed by atoms with E-state index in [1.807, 2.05) is 18.2 Å². The van der Waals surface area contributed by atoms with Gasteiger partial charge in [-0.05, 0) is 30.2 Å². The zero-order chi connectivity index (χ0) is 14.2. The molecule has 0 amide bonds. The molecule has 2 heterocycles. The average Bonchev–Trinajstić information content (AvgIpc) is 2.52. The quantitative estimate of drug-likeness (QED) is 0.815. The van der Waals surface area contributed by atoms with Crippen molar-refractivity contribution in [3.05, 3.63) is 42.4 Å². The lowest BCUT2D eigenvalue weighted by atomic mass is 10.1. The van der Waals surface area contributed by atoms with Gasteiger partial charge in [-0.3, -0.25) is 4.98 Å². The highest BCUT2D eigenvalue weighted by Crippen LogP contribution is 2.22. The van der Waals surface area contributed by atoms with Gasteiger partial charge in [-0.1, -0.05) is 0 Å². The molecule has 0 aliphatic rings. The van der Waals surface area contributed by atoms with E-state index in [9.17, 15) is 5.26 Å². The molecule has 0 aromatic carbocycles. The summed E-state index contributed by atoms with van der Waals surface area (Å²) in [6.45, 7) is 1.41. The van der Waals surface area contributed by atoms with Crippen molar-refractivity contribution in [1.29, 1.82) is 5.26 Å². The maximum absolute atomic E-state index is 9.23. The minimum Gasteiger partial charge on any atom is -0.385 e. The van der Waals surface area contributed by atoms with E-state index in [2.05, 4.69) is 21.4 Å². The van der Waals surface area contributed by atoms with Crippen LogP contribution in [0.5, 0.6) is 0 Å². The fraction of sp³-hybridized carbons (Fsp3) is 0.267. The van der Waals surface area contributed by atoms with Gasteiger partial charge in [-0.15, -0.1) is 0 Å². The van der Waals surface area contributed by atoms with E-state index in [0.29, 0.717) is 18.0 Å². The van der Waals surface area contributed by atoms with Crippen LogP contribution in [-0.4, -0.2) is 30.2 Å². The first-order valence-corrected chi connectivity index (χ1v) is 6.38. The third kappa shape index (κ3) is 3.53. The number of rotatable bonds is 6. The average molecular weight is 268 g/mol. The number of ether oxygens (including phenoxy) is 1. The van der Waals surface area contributed by atoms with Crippen LogP contribution in [0.25, 0.3) is 11.1 Å². The van der Waals surface area contributed by atoms with Gasteiger partial charge in [0.2, 0.25) is 0 Å². The van der Waals surface area contributed by atoms with Crippen molar-refractivity contribution < 1.29 is 4.74 Å². The van der Waals surface area contributed by atoms with Gasteiger partial charge in [-0.25, -0.2) is 4.98 Å². The molecule has 0 saturated heterocycles. The van der Waals surface area contributed by atoms with Gasteiger partial charge in [-0.2, -0.15) is 5.26 Å². The Kier molecular flexibility index (Phi) is 5.04. The van der Waals surface area contributed by atoms with Crippen molar-refractivity contribution in [2.75, 3.05) is 25.6 Å². The lowest BCUT2D eigenvalue weighted by Gasteiger charge is -2.08. The number of hydrogen-bond acceptors (Lipinski definition) is 5. The number of nitrogens with one attached hydrogen (secondary N) is 1. The molecule has 0 bridgehead atoms. The molecule has 0 aliphatic carbocycles. The van der Waals surface area contributed by atoms with Crippen LogP contribution in [0.1, 0.15) is 12.0 Å². The highest BCUT2D eigenvalue weighted by molar-refractivity contribution is 5.67. The number of hydrogen-bond donors (Lipinski definition) is 1. The third-order valence-electron chi connectivity index (χ3n) is 2.84. The topological polar surface area (TPSA) is 70.8 Å². The van der Waals surface area contributed by atoms with Gasteiger partial charge in [0.15, 0.2) is 0 Å². The highest BCUT2D eigenvalue weighted by Gasteiger charge is 2.06. The Labute approximate surface area is 118 Å². The first-order chi connectivity index (χ1) is 9.85. The van der Waals surface area contributed by atoms with Gasteiger partial charge in [0.25, 0.3) is 0 Å². The number of methoxy groups -OCH3 is 1. The van der Waals surface area contributed by atoms with Gasteiger partial charge in [0, 0.05) is 44.4 Å². The first kappa shape index (κ1) is 14.0. The summed E-state index contributed by atoms with van der Waals surface area (Å²) in [6, 6.07) is 7.79. The molecule has 0 aliphatic heterocycles. The molecule has 1 N–H and O–H groups in total. The molecular formula is C15H16N4O. The zero-order valence-electron chi connectivity index (χ0n) is 11.3. The largest absolute Gasteiger partial charge is 0.385 e. The number of aromatic nitrogens is 2. The minimum absolute atomic E-state index is 0.539. The first-order valence-electron chi connectivity index (χ1n) is 6.38. The fourth-order valence-corrected chi connectivity index (χ4v) is 1.82. The van der Waals surface area contributed by atoms with Crippen LogP contribution in [0.4, 0.5) is 5.82 Å². The van der Waals surface area contributed by atoms with Crippen LogP contribution >= 0.6 is 0 Å². The summed E-state index contributed by atoms with van der Waals surface area (Å²) in [5.74, 6) is 0.612. The van der Waals surface area contributed by atoms with Crippen LogP contribution in [0.3, 0.4) is 0 Å². The van der Waals surface area contributed by atoms with Crippen molar-refractivity contribution in [2.45, 2.75) is 6.42 Å². The highest BCUT2D eigenvalue weighted by atomic mass is 16.5. The predicted octanol–water partition coefficient (Wildman–Crippen LogP) is 2.46. The van der Waals surface area contributed by atoms with E-state index in [1.165, 1.54) is 0 Å². The lowest BCUT2D eigenvalue weighted by molar-refractivity contribution is 0.198. The molecule has 5 heteroatoms. The van der Waals surface area contributed by atoms with E-state index in [1.54, 1.807) is 25.7 Å². The molecule has 0 atom stereocenters. The molecule has 20 heavy (non-hydrogen) atoms. The van der Waals surface area contributed by atoms with E-state index in [0.717, 1.165) is 24.1 Å². The Morgan fingerprint density at radius 1 is 1.30 bits per heavy atom. The van der Waals surface area contributed by atoms with Crippen LogP contribution < -0.4 is 5.32 Å². The summed E-state index contributed by atoms with van der Waals surface area (Å²) in [5.41, 5.74) is 2.44. The second kappa shape index (κ2) is 7.22. The second-order valence-corrected chi connectivity index (χ2v) is 4.24. The Balaban J connectivity index is 2.14. The summed E-state index contributed by atoms with van der Waals surface area (Å²) < 4.78 is 4.98. The normalized spacial score (nSPS) is 10.0. The zero-order valence-corrected chi connectivity index (χ0v) is 11.3. The minimum atomic E-state index is 0.539. The van der Waals surface area contributed by atoms with Gasteiger partial charge in [0.05, 0.1) is 5.56 Å². The fourth-order valence-electron chi connectivity index (χ4n) is 1.82. The molecule has 0 spiro atoms. The van der Waals surface area contributed by atoms with Crippen molar-refractivity contribution >= 4 is 5.82 Å². The van der Waals surface area contributed by atoms with Crippen LogP contribution in [0.2, 0.25) is 0 Å². The molecular weight excluding hydrogens is 252 g/mol. The third-order valence-corrected chi connectivity index (χ3v) is 2.84. The molecule has 0 radical (unpaired) electrons. The molecule has 2 rings (SSSR count). The standard InChI is InChI=1S/C15H16N4O/c1-20-8-2-5-18-15-13(10-16)9-14(11-19-15)12-3-6-17-7-4-12/h3-4,6-7,9,11H,2,5,8H2,1H3,(H,18,19). The molecule has 0 unspecified atom stereocenters. The molecule has 0 saturated carbocycles. The molecule has 5 nitrogen and oxygen atoms in total. The van der Waals surface area contributed by atoms with E-state index >= 15 is 0 Å². The lowest BCUT2D eigenvalue weighted by Crippen LogP contribution is -2.07. The predicted molar refractivity (Wildman–Crippen MR) is 77.2 cm³/mol. The maximum Gasteiger partial charge on any atom is 0.143 e. The summed E-state index contributed by atoms with van der Waals surface area (Å²) >= 11 is 0. The van der Waals surface area contributed by atoms with E-state index in [-0.39, 0.29) is 0 Å². The number of nitriles is 1.